The van der Waals surface area contributed by atoms with Crippen molar-refractivity contribution in [3.05, 3.63) is 35.4 Å². The summed E-state index contributed by atoms with van der Waals surface area (Å²) in [7, 11) is 0. The van der Waals surface area contributed by atoms with Crippen LogP contribution in [0.2, 0.25) is 0 Å². The van der Waals surface area contributed by atoms with Crippen molar-refractivity contribution in [1.82, 2.24) is 0 Å². The van der Waals surface area contributed by atoms with Crippen LogP contribution >= 0.6 is 0 Å². The van der Waals surface area contributed by atoms with Crippen LogP contribution in [-0.4, -0.2) is 0 Å². The Hall–Kier alpha value is -0.820. The number of hydrogen-bond acceptors (Lipinski definition) is 1. The van der Waals surface area contributed by atoms with Gasteiger partial charge in [-0.1, -0.05) is 71.7 Å². The number of benzene rings is 1. The van der Waals surface area contributed by atoms with Crippen LogP contribution in [0.3, 0.4) is 0 Å². The lowest BCUT2D eigenvalue weighted by molar-refractivity contribution is 0.144. The van der Waals surface area contributed by atoms with Gasteiger partial charge in [-0.15, -0.1) is 0 Å². The average molecular weight is 259 g/mol. The van der Waals surface area contributed by atoms with Crippen LogP contribution in [0.1, 0.15) is 65.0 Å². The Labute approximate surface area is 118 Å². The first kappa shape index (κ1) is 14.6. The Morgan fingerprint density at radius 3 is 2.21 bits per heavy atom. The van der Waals surface area contributed by atoms with E-state index in [0.717, 1.165) is 12.3 Å². The predicted octanol–water partition coefficient (Wildman–Crippen LogP) is 4.59. The molecule has 106 valence electrons. The second kappa shape index (κ2) is 4.94. The molecule has 1 saturated carbocycles. The Morgan fingerprint density at radius 2 is 1.68 bits per heavy atom. The van der Waals surface area contributed by atoms with Crippen molar-refractivity contribution in [2.24, 2.45) is 17.6 Å². The molecule has 0 saturated heterocycles. The minimum atomic E-state index is -0.131. The zero-order valence-corrected chi connectivity index (χ0v) is 13.2. The third kappa shape index (κ3) is 2.72. The SMILES string of the molecule is CC1CCCC(N)(c2ccc(C(C)(C)C)cc2)C1C. The van der Waals surface area contributed by atoms with Gasteiger partial charge in [0.2, 0.25) is 0 Å². The monoisotopic (exact) mass is 259 g/mol. The van der Waals surface area contributed by atoms with E-state index >= 15 is 0 Å². The molecule has 1 aromatic rings. The predicted molar refractivity (Wildman–Crippen MR) is 83.2 cm³/mol. The summed E-state index contributed by atoms with van der Waals surface area (Å²) in [6, 6.07) is 9.04. The van der Waals surface area contributed by atoms with Crippen molar-refractivity contribution in [2.75, 3.05) is 0 Å². The van der Waals surface area contributed by atoms with E-state index in [2.05, 4.69) is 58.9 Å². The van der Waals surface area contributed by atoms with Gasteiger partial charge >= 0.3 is 0 Å². The quantitative estimate of drug-likeness (QED) is 0.784. The van der Waals surface area contributed by atoms with Gasteiger partial charge in [0.15, 0.2) is 0 Å². The van der Waals surface area contributed by atoms with Crippen molar-refractivity contribution in [3.63, 3.8) is 0 Å². The van der Waals surface area contributed by atoms with Crippen molar-refractivity contribution >= 4 is 0 Å². The smallest absolute Gasteiger partial charge is 0.0438 e. The van der Waals surface area contributed by atoms with Crippen LogP contribution in [0.25, 0.3) is 0 Å². The third-order valence-corrected chi connectivity index (χ3v) is 5.20. The fourth-order valence-corrected chi connectivity index (χ4v) is 3.39. The summed E-state index contributed by atoms with van der Waals surface area (Å²) in [5, 5.41) is 0. The van der Waals surface area contributed by atoms with Crippen LogP contribution in [0.4, 0.5) is 0 Å². The fourth-order valence-electron chi connectivity index (χ4n) is 3.39. The molecule has 1 heteroatoms. The largest absolute Gasteiger partial charge is 0.321 e. The van der Waals surface area contributed by atoms with Crippen molar-refractivity contribution in [1.29, 1.82) is 0 Å². The second-order valence-electron chi connectivity index (χ2n) is 7.53. The highest BCUT2D eigenvalue weighted by molar-refractivity contribution is 5.32. The fraction of sp³-hybridized carbons (Fsp3) is 0.667. The standard InChI is InChI=1S/C18H29N/c1-13-7-6-12-18(19,14(13)2)16-10-8-15(9-11-16)17(3,4)5/h8-11,13-14H,6-7,12,19H2,1-5H3. The molecule has 0 aliphatic heterocycles. The summed E-state index contributed by atoms with van der Waals surface area (Å²) in [6.45, 7) is 11.4. The molecule has 2 rings (SSSR count). The molecule has 1 nitrogen and oxygen atoms in total. The van der Waals surface area contributed by atoms with Gasteiger partial charge in [0, 0.05) is 5.54 Å². The van der Waals surface area contributed by atoms with Crippen LogP contribution < -0.4 is 5.73 Å². The molecular formula is C18H29N. The molecule has 19 heavy (non-hydrogen) atoms. The minimum Gasteiger partial charge on any atom is -0.321 e. The topological polar surface area (TPSA) is 26.0 Å². The van der Waals surface area contributed by atoms with Gasteiger partial charge in [0.25, 0.3) is 0 Å². The van der Waals surface area contributed by atoms with E-state index in [9.17, 15) is 0 Å². The maximum atomic E-state index is 6.77. The van der Waals surface area contributed by atoms with Gasteiger partial charge < -0.3 is 5.73 Å². The highest BCUT2D eigenvalue weighted by atomic mass is 14.8. The highest BCUT2D eigenvalue weighted by Gasteiger charge is 2.39. The zero-order valence-electron chi connectivity index (χ0n) is 13.2. The maximum Gasteiger partial charge on any atom is 0.0438 e. The highest BCUT2D eigenvalue weighted by Crippen LogP contribution is 2.42. The van der Waals surface area contributed by atoms with Gasteiger partial charge in [0.1, 0.15) is 0 Å². The average Bonchev–Trinajstić information content (AvgIpc) is 2.35. The molecule has 1 aliphatic rings. The van der Waals surface area contributed by atoms with Crippen molar-refractivity contribution in [2.45, 2.75) is 64.8 Å². The molecule has 0 aromatic heterocycles. The molecular weight excluding hydrogens is 230 g/mol. The number of hydrogen-bond donors (Lipinski definition) is 1. The van der Waals surface area contributed by atoms with E-state index in [0.29, 0.717) is 5.92 Å². The maximum absolute atomic E-state index is 6.77. The Balaban J connectivity index is 2.31. The van der Waals surface area contributed by atoms with Crippen LogP contribution in [0, 0.1) is 11.8 Å². The summed E-state index contributed by atoms with van der Waals surface area (Å²) in [4.78, 5) is 0. The molecule has 0 heterocycles. The molecule has 3 atom stereocenters. The number of rotatable bonds is 1. The van der Waals surface area contributed by atoms with Gasteiger partial charge in [-0.05, 0) is 34.8 Å². The first-order valence-electron chi connectivity index (χ1n) is 7.65. The molecule has 0 bridgehead atoms. The summed E-state index contributed by atoms with van der Waals surface area (Å²) in [5.74, 6) is 1.28. The van der Waals surface area contributed by atoms with Crippen LogP contribution in [0.15, 0.2) is 24.3 Å². The lowest BCUT2D eigenvalue weighted by Crippen LogP contribution is -2.48. The van der Waals surface area contributed by atoms with Crippen LogP contribution in [0.5, 0.6) is 0 Å². The van der Waals surface area contributed by atoms with Crippen LogP contribution in [-0.2, 0) is 11.0 Å². The van der Waals surface area contributed by atoms with Gasteiger partial charge in [-0.2, -0.15) is 0 Å². The Kier molecular flexibility index (Phi) is 3.79. The molecule has 3 unspecified atom stereocenters. The first-order chi connectivity index (χ1) is 8.75. The molecule has 0 spiro atoms. The lowest BCUT2D eigenvalue weighted by atomic mass is 9.65. The molecule has 1 aromatic carbocycles. The van der Waals surface area contributed by atoms with E-state index in [1.807, 2.05) is 0 Å². The summed E-state index contributed by atoms with van der Waals surface area (Å²) in [5.41, 5.74) is 9.56. The Bertz CT molecular complexity index is 426. The summed E-state index contributed by atoms with van der Waals surface area (Å²) >= 11 is 0. The molecule has 1 aliphatic carbocycles. The third-order valence-electron chi connectivity index (χ3n) is 5.20. The van der Waals surface area contributed by atoms with E-state index in [-0.39, 0.29) is 11.0 Å². The molecule has 2 N–H and O–H groups in total. The number of nitrogens with two attached hydrogens (primary N) is 1. The van der Waals surface area contributed by atoms with Gasteiger partial charge in [-0.25, -0.2) is 0 Å². The van der Waals surface area contributed by atoms with Gasteiger partial charge in [0.05, 0.1) is 0 Å². The summed E-state index contributed by atoms with van der Waals surface area (Å²) in [6.07, 6.45) is 3.69. The van der Waals surface area contributed by atoms with E-state index in [4.69, 9.17) is 5.73 Å². The van der Waals surface area contributed by atoms with E-state index < -0.39 is 0 Å². The zero-order chi connectivity index (χ0) is 14.3. The summed E-state index contributed by atoms with van der Waals surface area (Å²) < 4.78 is 0. The first-order valence-corrected chi connectivity index (χ1v) is 7.65. The molecule has 1 fully saturated rings. The second-order valence-corrected chi connectivity index (χ2v) is 7.53. The minimum absolute atomic E-state index is 0.131. The van der Waals surface area contributed by atoms with Gasteiger partial charge in [-0.3, -0.25) is 0 Å². The normalized spacial score (nSPS) is 32.3. The lowest BCUT2D eigenvalue weighted by Gasteiger charge is -2.44. The van der Waals surface area contributed by atoms with Crippen molar-refractivity contribution in [3.8, 4) is 0 Å². The van der Waals surface area contributed by atoms with E-state index in [1.165, 1.54) is 24.0 Å². The Morgan fingerprint density at radius 1 is 1.11 bits per heavy atom. The molecule has 0 amide bonds. The van der Waals surface area contributed by atoms with E-state index in [1.54, 1.807) is 0 Å². The van der Waals surface area contributed by atoms with Crippen molar-refractivity contribution < 1.29 is 0 Å². The molecule has 0 radical (unpaired) electrons.